The summed E-state index contributed by atoms with van der Waals surface area (Å²) in [6, 6.07) is 20.6. The summed E-state index contributed by atoms with van der Waals surface area (Å²) in [5.41, 5.74) is 4.15. The van der Waals surface area contributed by atoms with Crippen LogP contribution in [-0.2, 0) is 11.2 Å². The Morgan fingerprint density at radius 1 is 1.07 bits per heavy atom. The maximum absolute atomic E-state index is 12.5. The number of amides is 1. The predicted molar refractivity (Wildman–Crippen MR) is 127 cm³/mol. The highest BCUT2D eigenvalue weighted by atomic mass is 79.9. The number of nitrogens with one attached hydrogen (secondary N) is 1. The zero-order valence-electron chi connectivity index (χ0n) is 16.0. The van der Waals surface area contributed by atoms with Crippen molar-refractivity contribution in [3.63, 3.8) is 0 Å². The Labute approximate surface area is 194 Å². The first-order valence-corrected chi connectivity index (χ1v) is 10.6. The average molecular weight is 500 g/mol. The minimum atomic E-state index is -0.508. The molecular weight excluding hydrogens is 483 g/mol. The normalized spacial score (nSPS) is 11.1. The molecule has 0 aliphatic rings. The number of hydrogen-bond acceptors (Lipinski definition) is 2. The van der Waals surface area contributed by atoms with Gasteiger partial charge >= 0.3 is 0 Å². The summed E-state index contributed by atoms with van der Waals surface area (Å²) in [4.78, 5) is 12.5. The molecule has 3 aromatic carbocycles. The fourth-order valence-electron chi connectivity index (χ4n) is 2.83. The summed E-state index contributed by atoms with van der Waals surface area (Å²) in [5, 5.41) is 13.3. The van der Waals surface area contributed by atoms with Gasteiger partial charge in [0.1, 0.15) is 11.6 Å². The topological polar surface area (TPSA) is 52.9 Å². The van der Waals surface area contributed by atoms with E-state index in [9.17, 15) is 10.1 Å². The Morgan fingerprint density at radius 2 is 1.83 bits per heavy atom. The molecule has 0 heterocycles. The molecule has 0 saturated heterocycles. The quantitative estimate of drug-likeness (QED) is 0.298. The van der Waals surface area contributed by atoms with Crippen LogP contribution in [0.1, 0.15) is 22.3 Å². The summed E-state index contributed by atoms with van der Waals surface area (Å²) in [6.07, 6.45) is 2.18. The highest BCUT2D eigenvalue weighted by molar-refractivity contribution is 9.10. The zero-order valence-corrected chi connectivity index (χ0v) is 19.1. The fourth-order valence-corrected chi connectivity index (χ4v) is 3.69. The Hall–Kier alpha value is -2.58. The smallest absolute Gasteiger partial charge is 0.266 e. The van der Waals surface area contributed by atoms with E-state index in [-0.39, 0.29) is 5.57 Å². The number of nitrogens with zero attached hydrogens (tertiary/aromatic N) is 1. The van der Waals surface area contributed by atoms with E-state index in [0.29, 0.717) is 27.7 Å². The van der Waals surface area contributed by atoms with Crippen LogP contribution in [0.25, 0.3) is 6.08 Å². The van der Waals surface area contributed by atoms with Crippen molar-refractivity contribution in [3.05, 3.63) is 103 Å². The number of hydrogen-bond donors (Lipinski definition) is 1. The molecule has 3 rings (SSSR count). The molecule has 1 N–H and O–H groups in total. The number of benzene rings is 3. The van der Waals surface area contributed by atoms with E-state index in [0.717, 1.165) is 21.2 Å². The van der Waals surface area contributed by atoms with Crippen LogP contribution in [0.15, 0.2) is 70.7 Å². The van der Waals surface area contributed by atoms with Gasteiger partial charge in [-0.2, -0.15) is 5.26 Å². The van der Waals surface area contributed by atoms with Gasteiger partial charge in [-0.1, -0.05) is 75.5 Å². The van der Waals surface area contributed by atoms with Gasteiger partial charge in [0, 0.05) is 26.6 Å². The summed E-state index contributed by atoms with van der Waals surface area (Å²) < 4.78 is 1.02. The van der Waals surface area contributed by atoms with E-state index in [1.165, 1.54) is 6.08 Å². The van der Waals surface area contributed by atoms with Gasteiger partial charge < -0.3 is 5.32 Å². The third-order valence-corrected chi connectivity index (χ3v) is 6.05. The second-order valence-corrected chi connectivity index (χ2v) is 8.38. The number of anilines is 1. The highest BCUT2D eigenvalue weighted by Crippen LogP contribution is 2.26. The molecule has 0 saturated carbocycles. The first kappa shape index (κ1) is 22.1. The zero-order chi connectivity index (χ0) is 21.7. The van der Waals surface area contributed by atoms with E-state index in [1.54, 1.807) is 24.3 Å². The Kier molecular flexibility index (Phi) is 7.33. The van der Waals surface area contributed by atoms with Gasteiger partial charge in [0.05, 0.1) is 0 Å². The van der Waals surface area contributed by atoms with Crippen molar-refractivity contribution in [2.75, 3.05) is 5.32 Å². The molecule has 0 unspecified atom stereocenters. The SMILES string of the molecule is Cc1ccc(NC(=O)/C(C#N)=C/c2ccc(Cc3ccccc3Br)c(Cl)c2)cc1Cl. The van der Waals surface area contributed by atoms with Gasteiger partial charge in [0.15, 0.2) is 0 Å². The van der Waals surface area contributed by atoms with Gasteiger partial charge in [0.25, 0.3) is 5.91 Å². The van der Waals surface area contributed by atoms with E-state index in [4.69, 9.17) is 23.2 Å². The lowest BCUT2D eigenvalue weighted by molar-refractivity contribution is -0.112. The van der Waals surface area contributed by atoms with Crippen molar-refractivity contribution in [1.29, 1.82) is 5.26 Å². The van der Waals surface area contributed by atoms with Crippen molar-refractivity contribution in [3.8, 4) is 6.07 Å². The van der Waals surface area contributed by atoms with E-state index < -0.39 is 5.91 Å². The molecule has 0 radical (unpaired) electrons. The van der Waals surface area contributed by atoms with Crippen LogP contribution in [0.5, 0.6) is 0 Å². The minimum absolute atomic E-state index is 0.0266. The van der Waals surface area contributed by atoms with Crippen LogP contribution in [-0.4, -0.2) is 5.91 Å². The van der Waals surface area contributed by atoms with Crippen LogP contribution in [0.2, 0.25) is 10.0 Å². The minimum Gasteiger partial charge on any atom is -0.321 e. The van der Waals surface area contributed by atoms with Crippen molar-refractivity contribution < 1.29 is 4.79 Å². The van der Waals surface area contributed by atoms with Crippen LogP contribution in [0, 0.1) is 18.3 Å². The first-order valence-electron chi connectivity index (χ1n) is 9.08. The number of aryl methyl sites for hydroxylation is 1. The molecule has 0 atom stereocenters. The standard InChI is InChI=1S/C24H17BrCl2N2O/c1-15-6-9-20(13-22(15)26)29-24(30)19(14-28)10-16-7-8-18(23(27)11-16)12-17-4-2-3-5-21(17)25/h2-11,13H,12H2,1H3,(H,29,30)/b19-10+. The Balaban J connectivity index is 1.79. The number of carbonyl (C=O) groups is 1. The number of halogens is 3. The first-order chi connectivity index (χ1) is 14.4. The maximum atomic E-state index is 12.5. The summed E-state index contributed by atoms with van der Waals surface area (Å²) in [6.45, 7) is 1.87. The largest absolute Gasteiger partial charge is 0.321 e. The third kappa shape index (κ3) is 5.52. The van der Waals surface area contributed by atoms with E-state index in [2.05, 4.69) is 21.2 Å². The molecule has 0 aliphatic heterocycles. The molecule has 1 amide bonds. The van der Waals surface area contributed by atoms with Crippen molar-refractivity contribution in [2.45, 2.75) is 13.3 Å². The molecule has 30 heavy (non-hydrogen) atoms. The predicted octanol–water partition coefficient (Wildman–Crippen LogP) is 7.20. The van der Waals surface area contributed by atoms with Gasteiger partial charge in [-0.15, -0.1) is 0 Å². The van der Waals surface area contributed by atoms with E-state index >= 15 is 0 Å². The van der Waals surface area contributed by atoms with Gasteiger partial charge in [-0.3, -0.25) is 4.79 Å². The second-order valence-electron chi connectivity index (χ2n) is 6.71. The summed E-state index contributed by atoms with van der Waals surface area (Å²) in [7, 11) is 0. The fraction of sp³-hybridized carbons (Fsp3) is 0.0833. The molecule has 3 nitrogen and oxygen atoms in total. The average Bonchev–Trinajstić information content (AvgIpc) is 2.72. The molecular formula is C24H17BrCl2N2O. The molecule has 3 aromatic rings. The van der Waals surface area contributed by atoms with Crippen LogP contribution < -0.4 is 5.32 Å². The lowest BCUT2D eigenvalue weighted by Crippen LogP contribution is -2.13. The molecule has 6 heteroatoms. The monoisotopic (exact) mass is 498 g/mol. The maximum Gasteiger partial charge on any atom is 0.266 e. The molecule has 0 spiro atoms. The molecule has 0 fully saturated rings. The highest BCUT2D eigenvalue weighted by Gasteiger charge is 2.11. The van der Waals surface area contributed by atoms with Crippen molar-refractivity contribution in [1.82, 2.24) is 0 Å². The lowest BCUT2D eigenvalue weighted by Gasteiger charge is -2.08. The molecule has 0 bridgehead atoms. The summed E-state index contributed by atoms with van der Waals surface area (Å²) in [5.74, 6) is -0.508. The molecule has 0 aliphatic carbocycles. The van der Waals surface area contributed by atoms with Crippen LogP contribution in [0.3, 0.4) is 0 Å². The van der Waals surface area contributed by atoms with Gasteiger partial charge in [0.2, 0.25) is 0 Å². The third-order valence-electron chi connectivity index (χ3n) is 4.52. The second kappa shape index (κ2) is 9.95. The van der Waals surface area contributed by atoms with E-state index in [1.807, 2.05) is 49.4 Å². The number of carbonyl (C=O) groups excluding carboxylic acids is 1. The van der Waals surface area contributed by atoms with Crippen LogP contribution in [0.4, 0.5) is 5.69 Å². The van der Waals surface area contributed by atoms with Crippen LogP contribution >= 0.6 is 39.1 Å². The molecule has 150 valence electrons. The van der Waals surface area contributed by atoms with Gasteiger partial charge in [-0.05, 0) is 59.5 Å². The lowest BCUT2D eigenvalue weighted by atomic mass is 10.0. The Morgan fingerprint density at radius 3 is 2.50 bits per heavy atom. The Bertz CT molecular complexity index is 1180. The number of nitriles is 1. The summed E-state index contributed by atoms with van der Waals surface area (Å²) >= 11 is 16.1. The van der Waals surface area contributed by atoms with Gasteiger partial charge in [-0.25, -0.2) is 0 Å². The van der Waals surface area contributed by atoms with Crippen molar-refractivity contribution >= 4 is 56.8 Å². The molecule has 0 aromatic heterocycles. The van der Waals surface area contributed by atoms with Crippen molar-refractivity contribution in [2.24, 2.45) is 0 Å². The number of rotatable bonds is 5.